The van der Waals surface area contributed by atoms with Crippen LogP contribution in [-0.2, 0) is 9.59 Å². The first-order valence-electron chi connectivity index (χ1n) is 8.07. The van der Waals surface area contributed by atoms with Gasteiger partial charge in [0.25, 0.3) is 0 Å². The molecule has 0 fully saturated rings. The maximum atomic E-state index is 12.5. The van der Waals surface area contributed by atoms with Crippen molar-refractivity contribution >= 4 is 17.5 Å². The average molecular weight is 320 g/mol. The Kier molecular flexibility index (Phi) is 7.07. The summed E-state index contributed by atoms with van der Waals surface area (Å²) in [5.41, 5.74) is 0.424. The van der Waals surface area contributed by atoms with Gasteiger partial charge < -0.3 is 15.4 Å². The van der Waals surface area contributed by atoms with Crippen molar-refractivity contribution in [3.05, 3.63) is 23.8 Å². The van der Waals surface area contributed by atoms with E-state index in [2.05, 4.69) is 17.6 Å². The molecule has 0 atom stereocenters. The number of amides is 2. The molecule has 5 heteroatoms. The van der Waals surface area contributed by atoms with Gasteiger partial charge in [-0.3, -0.25) is 9.59 Å². The number of benzene rings is 1. The molecule has 0 radical (unpaired) electrons. The summed E-state index contributed by atoms with van der Waals surface area (Å²) in [6.45, 7) is 7.88. The van der Waals surface area contributed by atoms with Crippen LogP contribution in [0.4, 0.5) is 5.69 Å². The fourth-order valence-corrected chi connectivity index (χ4v) is 2.10. The Morgan fingerprint density at radius 2 is 1.87 bits per heavy atom. The monoisotopic (exact) mass is 320 g/mol. The molecular weight excluding hydrogens is 292 g/mol. The van der Waals surface area contributed by atoms with Gasteiger partial charge in [0.05, 0.1) is 12.8 Å². The van der Waals surface area contributed by atoms with Crippen molar-refractivity contribution in [3.63, 3.8) is 0 Å². The number of unbranched alkanes of at least 4 members (excludes halogenated alkanes) is 2. The first-order valence-corrected chi connectivity index (χ1v) is 8.07. The smallest absolute Gasteiger partial charge is 0.239 e. The van der Waals surface area contributed by atoms with Gasteiger partial charge in [0, 0.05) is 6.54 Å². The number of nitrogens with one attached hydrogen (secondary N) is 2. The van der Waals surface area contributed by atoms with Crippen LogP contribution in [0.1, 0.15) is 45.6 Å². The van der Waals surface area contributed by atoms with Crippen LogP contribution < -0.4 is 15.4 Å². The van der Waals surface area contributed by atoms with Crippen molar-refractivity contribution in [2.24, 2.45) is 5.41 Å². The lowest BCUT2D eigenvalue weighted by Crippen LogP contribution is -2.45. The minimum Gasteiger partial charge on any atom is -0.495 e. The summed E-state index contributed by atoms with van der Waals surface area (Å²) in [5, 5.41) is 5.63. The Morgan fingerprint density at radius 1 is 1.17 bits per heavy atom. The van der Waals surface area contributed by atoms with E-state index in [-0.39, 0.29) is 11.8 Å². The number of aryl methyl sites for hydroxylation is 1. The van der Waals surface area contributed by atoms with Gasteiger partial charge >= 0.3 is 0 Å². The van der Waals surface area contributed by atoms with Crippen LogP contribution in [0.15, 0.2) is 18.2 Å². The molecule has 0 bridgehead atoms. The van der Waals surface area contributed by atoms with Gasteiger partial charge in [0.15, 0.2) is 0 Å². The lowest BCUT2D eigenvalue weighted by atomic mass is 9.90. The summed E-state index contributed by atoms with van der Waals surface area (Å²) in [4.78, 5) is 24.8. The molecule has 0 aliphatic carbocycles. The predicted molar refractivity (Wildman–Crippen MR) is 92.7 cm³/mol. The van der Waals surface area contributed by atoms with Gasteiger partial charge in [-0.15, -0.1) is 0 Å². The standard InChI is InChI=1S/C18H28N2O3/c1-6-7-8-11-19-16(21)18(3,4)17(22)20-14-12-13(2)9-10-15(14)23-5/h9-10,12H,6-8,11H2,1-5H3,(H,19,21)(H,20,22). The summed E-state index contributed by atoms with van der Waals surface area (Å²) in [5.74, 6) is -0.0461. The van der Waals surface area contributed by atoms with E-state index >= 15 is 0 Å². The first-order chi connectivity index (χ1) is 10.8. The van der Waals surface area contributed by atoms with Crippen molar-refractivity contribution in [2.45, 2.75) is 47.0 Å². The van der Waals surface area contributed by atoms with Crippen molar-refractivity contribution in [3.8, 4) is 5.75 Å². The summed E-state index contributed by atoms with van der Waals surface area (Å²) in [6.07, 6.45) is 3.08. The lowest BCUT2D eigenvalue weighted by Gasteiger charge is -2.23. The summed E-state index contributed by atoms with van der Waals surface area (Å²) >= 11 is 0. The molecule has 5 nitrogen and oxygen atoms in total. The van der Waals surface area contributed by atoms with Crippen LogP contribution in [-0.4, -0.2) is 25.5 Å². The van der Waals surface area contributed by atoms with E-state index in [0.29, 0.717) is 18.0 Å². The van der Waals surface area contributed by atoms with Crippen LogP contribution in [0.5, 0.6) is 5.75 Å². The van der Waals surface area contributed by atoms with E-state index in [4.69, 9.17) is 4.74 Å². The zero-order valence-electron chi connectivity index (χ0n) is 14.8. The number of anilines is 1. The number of rotatable bonds is 8. The second-order valence-electron chi connectivity index (χ2n) is 6.25. The Hall–Kier alpha value is -2.04. The Bertz CT molecular complexity index is 553. The summed E-state index contributed by atoms with van der Waals surface area (Å²) < 4.78 is 5.25. The molecule has 1 rings (SSSR count). The Morgan fingerprint density at radius 3 is 2.48 bits per heavy atom. The molecule has 0 heterocycles. The van der Waals surface area contributed by atoms with E-state index < -0.39 is 5.41 Å². The molecule has 0 saturated carbocycles. The number of hydrogen-bond acceptors (Lipinski definition) is 3. The molecule has 2 amide bonds. The molecule has 0 aromatic heterocycles. The Balaban J connectivity index is 2.75. The van der Waals surface area contributed by atoms with E-state index in [0.717, 1.165) is 24.8 Å². The second-order valence-corrected chi connectivity index (χ2v) is 6.25. The highest BCUT2D eigenvalue weighted by Gasteiger charge is 2.36. The van der Waals surface area contributed by atoms with Crippen molar-refractivity contribution in [1.82, 2.24) is 5.32 Å². The first kappa shape index (κ1) is 19.0. The van der Waals surface area contributed by atoms with E-state index in [9.17, 15) is 9.59 Å². The maximum absolute atomic E-state index is 12.5. The normalized spacial score (nSPS) is 11.0. The minimum atomic E-state index is -1.15. The zero-order valence-corrected chi connectivity index (χ0v) is 14.8. The topological polar surface area (TPSA) is 67.4 Å². The molecule has 2 N–H and O–H groups in total. The van der Waals surface area contributed by atoms with Crippen LogP contribution in [0, 0.1) is 12.3 Å². The summed E-state index contributed by atoms with van der Waals surface area (Å²) in [7, 11) is 1.55. The third-order valence-corrected chi connectivity index (χ3v) is 3.80. The average Bonchev–Trinajstić information content (AvgIpc) is 2.51. The fraction of sp³-hybridized carbons (Fsp3) is 0.556. The van der Waals surface area contributed by atoms with Gasteiger partial charge in [0.2, 0.25) is 11.8 Å². The lowest BCUT2D eigenvalue weighted by molar-refractivity contribution is -0.138. The molecular formula is C18H28N2O3. The molecule has 0 aliphatic rings. The van der Waals surface area contributed by atoms with Gasteiger partial charge in [-0.05, 0) is 44.9 Å². The zero-order chi connectivity index (χ0) is 17.5. The number of carbonyl (C=O) groups excluding carboxylic acids is 2. The largest absolute Gasteiger partial charge is 0.495 e. The highest BCUT2D eigenvalue weighted by Crippen LogP contribution is 2.27. The molecule has 0 saturated heterocycles. The molecule has 128 valence electrons. The van der Waals surface area contributed by atoms with Crippen LogP contribution in [0.2, 0.25) is 0 Å². The highest BCUT2D eigenvalue weighted by atomic mass is 16.5. The number of ether oxygens (including phenoxy) is 1. The third kappa shape index (κ3) is 5.27. The molecule has 0 spiro atoms. The molecule has 1 aromatic rings. The number of methoxy groups -OCH3 is 1. The van der Waals surface area contributed by atoms with Gasteiger partial charge in [-0.1, -0.05) is 25.8 Å². The second kappa shape index (κ2) is 8.56. The van der Waals surface area contributed by atoms with Gasteiger partial charge in [-0.25, -0.2) is 0 Å². The van der Waals surface area contributed by atoms with Crippen LogP contribution >= 0.6 is 0 Å². The SMILES string of the molecule is CCCCCNC(=O)C(C)(C)C(=O)Nc1cc(C)ccc1OC. The summed E-state index contributed by atoms with van der Waals surface area (Å²) in [6, 6.07) is 5.52. The minimum absolute atomic E-state index is 0.266. The van der Waals surface area contributed by atoms with E-state index in [1.165, 1.54) is 0 Å². The molecule has 1 aromatic carbocycles. The molecule has 0 aliphatic heterocycles. The molecule has 23 heavy (non-hydrogen) atoms. The van der Waals surface area contributed by atoms with E-state index in [1.54, 1.807) is 27.0 Å². The van der Waals surface area contributed by atoms with Crippen LogP contribution in [0.25, 0.3) is 0 Å². The molecule has 0 unspecified atom stereocenters. The highest BCUT2D eigenvalue weighted by molar-refractivity contribution is 6.10. The Labute approximate surface area is 138 Å². The predicted octanol–water partition coefficient (Wildman–Crippen LogP) is 3.27. The van der Waals surface area contributed by atoms with Crippen LogP contribution in [0.3, 0.4) is 0 Å². The van der Waals surface area contributed by atoms with Gasteiger partial charge in [0.1, 0.15) is 11.2 Å². The quantitative estimate of drug-likeness (QED) is 0.570. The maximum Gasteiger partial charge on any atom is 0.239 e. The van der Waals surface area contributed by atoms with E-state index in [1.807, 2.05) is 19.1 Å². The fourth-order valence-electron chi connectivity index (χ4n) is 2.10. The number of carbonyl (C=O) groups is 2. The van der Waals surface area contributed by atoms with Crippen molar-refractivity contribution < 1.29 is 14.3 Å². The van der Waals surface area contributed by atoms with Gasteiger partial charge in [-0.2, -0.15) is 0 Å². The third-order valence-electron chi connectivity index (χ3n) is 3.80. The van der Waals surface area contributed by atoms with Crippen molar-refractivity contribution in [2.75, 3.05) is 19.0 Å². The van der Waals surface area contributed by atoms with Crippen molar-refractivity contribution in [1.29, 1.82) is 0 Å². The number of hydrogen-bond donors (Lipinski definition) is 2.